The maximum atomic E-state index is 10.7. The summed E-state index contributed by atoms with van der Waals surface area (Å²) in [7, 11) is 0. The van der Waals surface area contributed by atoms with Crippen molar-refractivity contribution >= 4 is 21.9 Å². The molecule has 5 nitrogen and oxygen atoms in total. The van der Waals surface area contributed by atoms with Crippen molar-refractivity contribution in [2.45, 2.75) is 26.2 Å². The van der Waals surface area contributed by atoms with Crippen LogP contribution in [-0.2, 0) is 5.41 Å². The predicted octanol–water partition coefficient (Wildman–Crippen LogP) is 9.70. The van der Waals surface area contributed by atoms with Gasteiger partial charge in [0.1, 0.15) is 17.1 Å². The summed E-state index contributed by atoms with van der Waals surface area (Å²) in [6, 6.07) is 40.2. The van der Waals surface area contributed by atoms with E-state index in [-0.39, 0.29) is 11.2 Å². The second-order valence-corrected chi connectivity index (χ2v) is 11.7. The number of benzene rings is 4. The number of aromatic nitrogens is 3. The van der Waals surface area contributed by atoms with Crippen molar-refractivity contribution in [2.24, 2.45) is 0 Å². The highest BCUT2D eigenvalue weighted by Gasteiger charge is 2.17. The molecular formula is C38H31N3O2. The minimum atomic E-state index is 0.106. The topological polar surface area (TPSA) is 60.2 Å². The lowest BCUT2D eigenvalue weighted by atomic mass is 9.86. The summed E-state index contributed by atoms with van der Waals surface area (Å²) in [6.07, 6.45) is 1.78. The number of para-hydroxylation sites is 3. The van der Waals surface area contributed by atoms with E-state index < -0.39 is 0 Å². The quantitative estimate of drug-likeness (QED) is 0.227. The van der Waals surface area contributed by atoms with Crippen LogP contribution >= 0.6 is 0 Å². The second-order valence-electron chi connectivity index (χ2n) is 11.7. The molecule has 7 rings (SSSR count). The molecule has 0 amide bonds. The summed E-state index contributed by atoms with van der Waals surface area (Å²) >= 11 is 0. The first-order valence-corrected chi connectivity index (χ1v) is 14.4. The van der Waals surface area contributed by atoms with Crippen LogP contribution in [0.3, 0.4) is 0 Å². The zero-order valence-corrected chi connectivity index (χ0v) is 24.3. The van der Waals surface area contributed by atoms with Crippen LogP contribution in [0.2, 0.25) is 0 Å². The van der Waals surface area contributed by atoms with Gasteiger partial charge in [-0.05, 0) is 70.6 Å². The van der Waals surface area contributed by atoms with Gasteiger partial charge in [0.15, 0.2) is 0 Å². The number of hydrogen-bond acceptors (Lipinski definition) is 4. The molecule has 7 aromatic rings. The van der Waals surface area contributed by atoms with E-state index in [0.717, 1.165) is 44.3 Å². The van der Waals surface area contributed by atoms with Gasteiger partial charge in [0.05, 0.1) is 16.9 Å². The Hall–Kier alpha value is -5.42. The first kappa shape index (κ1) is 26.5. The van der Waals surface area contributed by atoms with Gasteiger partial charge < -0.3 is 9.84 Å². The number of hydrogen-bond donors (Lipinski definition) is 1. The smallest absolute Gasteiger partial charge is 0.219 e. The van der Waals surface area contributed by atoms with Crippen LogP contribution in [0.25, 0.3) is 50.0 Å². The fourth-order valence-corrected chi connectivity index (χ4v) is 5.54. The Kier molecular flexibility index (Phi) is 6.43. The summed E-state index contributed by atoms with van der Waals surface area (Å²) < 4.78 is 8.27. The van der Waals surface area contributed by atoms with Crippen LogP contribution in [0.1, 0.15) is 26.3 Å². The van der Waals surface area contributed by atoms with E-state index in [1.807, 2.05) is 77.4 Å². The fourth-order valence-electron chi connectivity index (χ4n) is 5.54. The fraction of sp³-hybridized carbons (Fsp3) is 0.105. The maximum absolute atomic E-state index is 10.7. The van der Waals surface area contributed by atoms with Gasteiger partial charge in [0.25, 0.3) is 0 Å². The summed E-state index contributed by atoms with van der Waals surface area (Å²) in [5, 5.41) is 12.8. The summed E-state index contributed by atoms with van der Waals surface area (Å²) in [4.78, 5) is 9.58. The number of ether oxygens (including phenoxy) is 1. The molecule has 0 atom stereocenters. The Morgan fingerprint density at radius 3 is 2.28 bits per heavy atom. The molecular weight excluding hydrogens is 530 g/mol. The number of fused-ring (bicyclic) bond motifs is 3. The Morgan fingerprint density at radius 2 is 1.47 bits per heavy atom. The summed E-state index contributed by atoms with van der Waals surface area (Å²) in [5.41, 5.74) is 7.74. The highest BCUT2D eigenvalue weighted by molar-refractivity contribution is 6.08. The van der Waals surface area contributed by atoms with Gasteiger partial charge in [-0.25, -0.2) is 9.97 Å². The molecule has 0 saturated carbocycles. The van der Waals surface area contributed by atoms with Gasteiger partial charge >= 0.3 is 0 Å². The number of pyridine rings is 2. The first-order chi connectivity index (χ1) is 20.8. The predicted molar refractivity (Wildman–Crippen MR) is 174 cm³/mol. The molecule has 0 radical (unpaired) electrons. The molecule has 0 bridgehead atoms. The zero-order chi connectivity index (χ0) is 29.6. The zero-order valence-electron chi connectivity index (χ0n) is 24.3. The molecule has 0 aliphatic carbocycles. The first-order valence-electron chi connectivity index (χ1n) is 14.4. The van der Waals surface area contributed by atoms with Crippen molar-refractivity contribution in [2.75, 3.05) is 0 Å². The third kappa shape index (κ3) is 4.99. The highest BCUT2D eigenvalue weighted by atomic mass is 16.5. The normalized spacial score (nSPS) is 11.7. The number of phenolic OH excluding ortho intramolecular Hbond substituents is 1. The van der Waals surface area contributed by atoms with Gasteiger partial charge in [-0.3, -0.25) is 4.57 Å². The minimum absolute atomic E-state index is 0.106. The maximum Gasteiger partial charge on any atom is 0.219 e. The van der Waals surface area contributed by atoms with Gasteiger partial charge in [-0.2, -0.15) is 0 Å². The number of nitrogens with zero attached hydrogens (tertiary/aromatic N) is 3. The lowest BCUT2D eigenvalue weighted by Crippen LogP contribution is -2.10. The molecule has 0 aliphatic heterocycles. The molecule has 0 spiro atoms. The molecule has 1 N–H and O–H groups in total. The van der Waals surface area contributed by atoms with Crippen molar-refractivity contribution in [3.8, 4) is 45.5 Å². The van der Waals surface area contributed by atoms with E-state index in [4.69, 9.17) is 9.72 Å². The molecule has 0 saturated heterocycles. The number of aromatic hydroxyl groups is 1. The Bertz CT molecular complexity index is 2100. The van der Waals surface area contributed by atoms with Crippen molar-refractivity contribution in [1.29, 1.82) is 0 Å². The van der Waals surface area contributed by atoms with Gasteiger partial charge in [0, 0.05) is 28.6 Å². The van der Waals surface area contributed by atoms with E-state index in [1.165, 1.54) is 5.56 Å². The molecule has 5 heteroatoms. The van der Waals surface area contributed by atoms with Crippen molar-refractivity contribution in [1.82, 2.24) is 14.5 Å². The van der Waals surface area contributed by atoms with E-state index in [0.29, 0.717) is 17.3 Å². The van der Waals surface area contributed by atoms with Crippen LogP contribution in [-0.4, -0.2) is 19.6 Å². The standard InChI is InChI=1S/C38H31N3O2/c1-38(2,3)28-17-15-25(16-18-28)26-21-22-39-36(24-26)43-29-10-8-9-27(23-29)32-20-19-31-30-11-4-5-12-33(30)41(37(31)40-32)34-13-6-7-14-35(34)42/h4-24,42H,1-3H3. The lowest BCUT2D eigenvalue weighted by Gasteiger charge is -2.19. The third-order valence-electron chi connectivity index (χ3n) is 7.82. The largest absolute Gasteiger partial charge is 0.506 e. The Morgan fingerprint density at radius 1 is 0.674 bits per heavy atom. The second kappa shape index (κ2) is 10.4. The van der Waals surface area contributed by atoms with E-state index in [2.05, 4.69) is 68.2 Å². The number of phenols is 1. The molecule has 0 fully saturated rings. The van der Waals surface area contributed by atoms with Gasteiger partial charge in [0.2, 0.25) is 5.88 Å². The average Bonchev–Trinajstić information content (AvgIpc) is 3.35. The number of rotatable bonds is 5. The van der Waals surface area contributed by atoms with Crippen molar-refractivity contribution < 1.29 is 9.84 Å². The minimum Gasteiger partial charge on any atom is -0.506 e. The Balaban J connectivity index is 1.23. The van der Waals surface area contributed by atoms with E-state index >= 15 is 0 Å². The molecule has 0 unspecified atom stereocenters. The molecule has 4 aromatic carbocycles. The van der Waals surface area contributed by atoms with Crippen LogP contribution in [0.5, 0.6) is 17.4 Å². The van der Waals surface area contributed by atoms with Gasteiger partial charge in [-0.15, -0.1) is 0 Å². The van der Waals surface area contributed by atoms with E-state index in [9.17, 15) is 5.11 Å². The van der Waals surface area contributed by atoms with E-state index in [1.54, 1.807) is 12.3 Å². The van der Waals surface area contributed by atoms with Crippen LogP contribution in [0.4, 0.5) is 0 Å². The van der Waals surface area contributed by atoms with Crippen molar-refractivity contribution in [3.05, 3.63) is 133 Å². The highest BCUT2D eigenvalue weighted by Crippen LogP contribution is 2.36. The van der Waals surface area contributed by atoms with Gasteiger partial charge in [-0.1, -0.05) is 87.5 Å². The van der Waals surface area contributed by atoms with Crippen LogP contribution in [0.15, 0.2) is 128 Å². The molecule has 210 valence electrons. The lowest BCUT2D eigenvalue weighted by molar-refractivity contribution is 0.463. The molecule has 0 aliphatic rings. The van der Waals surface area contributed by atoms with Crippen LogP contribution < -0.4 is 4.74 Å². The average molecular weight is 562 g/mol. The molecule has 3 aromatic heterocycles. The Labute approximate surface area is 250 Å². The van der Waals surface area contributed by atoms with Crippen molar-refractivity contribution in [3.63, 3.8) is 0 Å². The van der Waals surface area contributed by atoms with Crippen LogP contribution in [0, 0.1) is 0 Å². The SMILES string of the molecule is CC(C)(C)c1ccc(-c2ccnc(Oc3cccc(-c4ccc5c6ccccc6n(-c6ccccc6O)c5n4)c3)c2)cc1. The monoisotopic (exact) mass is 561 g/mol. The summed E-state index contributed by atoms with van der Waals surface area (Å²) in [5.74, 6) is 1.40. The molecule has 43 heavy (non-hydrogen) atoms. The third-order valence-corrected chi connectivity index (χ3v) is 7.82. The summed E-state index contributed by atoms with van der Waals surface area (Å²) in [6.45, 7) is 6.65. The molecule has 3 heterocycles.